The minimum atomic E-state index is -0.299. The van der Waals surface area contributed by atoms with Gasteiger partial charge in [-0.15, -0.1) is 11.8 Å². The zero-order chi connectivity index (χ0) is 20.8. The lowest BCUT2D eigenvalue weighted by Gasteiger charge is -2.29. The molecule has 2 aliphatic rings. The van der Waals surface area contributed by atoms with Crippen LogP contribution in [0.5, 0.6) is 28.9 Å². The van der Waals surface area contributed by atoms with Crippen LogP contribution < -0.4 is 30.4 Å². The normalized spacial score (nSPS) is 15.5. The van der Waals surface area contributed by atoms with Gasteiger partial charge in [-0.25, -0.2) is 0 Å². The molecule has 0 bridgehead atoms. The summed E-state index contributed by atoms with van der Waals surface area (Å²) in [5.41, 5.74) is 14.1. The molecule has 0 spiro atoms. The number of hydrogen-bond acceptors (Lipinski definition) is 9. The number of thioether (sulfide) groups is 1. The van der Waals surface area contributed by atoms with Crippen molar-refractivity contribution >= 4 is 23.3 Å². The van der Waals surface area contributed by atoms with Gasteiger partial charge in [0.1, 0.15) is 28.9 Å². The number of nitriles is 1. The van der Waals surface area contributed by atoms with Crippen LogP contribution in [0.15, 0.2) is 41.3 Å². The van der Waals surface area contributed by atoms with Crippen LogP contribution in [-0.4, -0.2) is 18.9 Å². The van der Waals surface area contributed by atoms with Crippen molar-refractivity contribution in [1.82, 2.24) is 4.98 Å². The van der Waals surface area contributed by atoms with Crippen LogP contribution in [0.2, 0.25) is 0 Å². The molecule has 8 nitrogen and oxygen atoms in total. The van der Waals surface area contributed by atoms with Crippen molar-refractivity contribution < 1.29 is 18.9 Å². The van der Waals surface area contributed by atoms with Gasteiger partial charge in [-0.2, -0.15) is 10.2 Å². The Labute approximate surface area is 176 Å². The second-order valence-electron chi connectivity index (χ2n) is 6.64. The Kier molecular flexibility index (Phi) is 4.22. The Morgan fingerprint density at radius 3 is 2.57 bits per heavy atom. The minimum Gasteiger partial charge on any atom is -0.497 e. The molecule has 0 saturated carbocycles. The summed E-state index contributed by atoms with van der Waals surface area (Å²) in [6.07, 6.45) is 0. The molecule has 30 heavy (non-hydrogen) atoms. The van der Waals surface area contributed by atoms with Gasteiger partial charge in [0, 0.05) is 16.5 Å². The second-order valence-corrected chi connectivity index (χ2v) is 7.81. The van der Waals surface area contributed by atoms with Crippen LogP contribution in [0.1, 0.15) is 21.9 Å². The summed E-state index contributed by atoms with van der Waals surface area (Å²) < 4.78 is 22.3. The first kappa shape index (κ1) is 18.3. The van der Waals surface area contributed by atoms with Gasteiger partial charge in [-0.05, 0) is 30.3 Å². The number of methoxy groups -OCH3 is 1. The first-order chi connectivity index (χ1) is 14.6. The minimum absolute atomic E-state index is 0.0335. The molecule has 1 unspecified atom stereocenters. The highest BCUT2D eigenvalue weighted by molar-refractivity contribution is 7.99. The molecule has 150 valence electrons. The number of nitrogen functional groups attached to an aromatic ring is 2. The third-order valence-electron chi connectivity index (χ3n) is 4.95. The first-order valence-corrected chi connectivity index (χ1v) is 9.88. The summed E-state index contributed by atoms with van der Waals surface area (Å²) in [4.78, 5) is 5.28. The monoisotopic (exact) mass is 420 g/mol. The van der Waals surface area contributed by atoms with E-state index in [1.807, 2.05) is 36.4 Å². The number of rotatable bonds is 3. The Bertz CT molecular complexity index is 1210. The number of fused-ring (bicyclic) bond motifs is 3. The molecule has 5 rings (SSSR count). The molecule has 0 saturated heterocycles. The van der Waals surface area contributed by atoms with Crippen molar-refractivity contribution in [3.63, 3.8) is 0 Å². The van der Waals surface area contributed by atoms with E-state index in [0.717, 1.165) is 16.2 Å². The lowest BCUT2D eigenvalue weighted by Crippen LogP contribution is -2.15. The van der Waals surface area contributed by atoms with Gasteiger partial charge < -0.3 is 30.4 Å². The maximum Gasteiger partial charge on any atom is 0.231 e. The number of pyridine rings is 1. The van der Waals surface area contributed by atoms with E-state index in [4.69, 9.17) is 30.4 Å². The average molecular weight is 420 g/mol. The van der Waals surface area contributed by atoms with Crippen LogP contribution in [-0.2, 0) is 0 Å². The summed E-state index contributed by atoms with van der Waals surface area (Å²) in [5, 5.41) is 9.21. The molecule has 2 aromatic carbocycles. The molecular weight excluding hydrogens is 404 g/mol. The average Bonchev–Trinajstić information content (AvgIpc) is 3.20. The van der Waals surface area contributed by atoms with Crippen LogP contribution in [0.3, 0.4) is 0 Å². The largest absolute Gasteiger partial charge is 0.497 e. The van der Waals surface area contributed by atoms with Crippen molar-refractivity contribution in [2.45, 2.75) is 10.1 Å². The van der Waals surface area contributed by atoms with E-state index < -0.39 is 0 Å². The molecule has 0 aliphatic carbocycles. The summed E-state index contributed by atoms with van der Waals surface area (Å²) in [6, 6.07) is 13.4. The third-order valence-corrected chi connectivity index (χ3v) is 6.22. The van der Waals surface area contributed by atoms with E-state index in [0.29, 0.717) is 22.8 Å². The van der Waals surface area contributed by atoms with E-state index in [9.17, 15) is 5.26 Å². The SMILES string of the molecule is COc1ccc(SC2c3cc4c(cc3Oc3nc(N)c(C#N)c(N)c32)OCO4)cc1. The molecular formula is C21H16N4O4S. The van der Waals surface area contributed by atoms with Crippen LogP contribution >= 0.6 is 11.8 Å². The van der Waals surface area contributed by atoms with E-state index in [-0.39, 0.29) is 35.0 Å². The molecule has 0 radical (unpaired) electrons. The molecule has 0 amide bonds. The Morgan fingerprint density at radius 1 is 1.13 bits per heavy atom. The molecule has 1 aromatic heterocycles. The van der Waals surface area contributed by atoms with Gasteiger partial charge in [0.05, 0.1) is 23.6 Å². The van der Waals surface area contributed by atoms with Gasteiger partial charge in [-0.1, -0.05) is 0 Å². The molecule has 9 heteroatoms. The van der Waals surface area contributed by atoms with E-state index in [1.165, 1.54) is 0 Å². The van der Waals surface area contributed by atoms with Gasteiger partial charge >= 0.3 is 0 Å². The lowest BCUT2D eigenvalue weighted by molar-refractivity contribution is 0.174. The summed E-state index contributed by atoms with van der Waals surface area (Å²) in [7, 11) is 1.62. The quantitative estimate of drug-likeness (QED) is 0.650. The molecule has 3 aromatic rings. The highest BCUT2D eigenvalue weighted by Gasteiger charge is 2.35. The van der Waals surface area contributed by atoms with Crippen molar-refractivity contribution in [3.8, 4) is 34.9 Å². The number of ether oxygens (including phenoxy) is 4. The van der Waals surface area contributed by atoms with Crippen LogP contribution in [0.25, 0.3) is 0 Å². The summed E-state index contributed by atoms with van der Waals surface area (Å²) >= 11 is 1.55. The number of aromatic nitrogens is 1. The number of hydrogen-bond donors (Lipinski definition) is 2. The van der Waals surface area contributed by atoms with E-state index >= 15 is 0 Å². The van der Waals surface area contributed by atoms with E-state index in [2.05, 4.69) is 4.98 Å². The summed E-state index contributed by atoms with van der Waals surface area (Å²) in [5.74, 6) is 2.88. The highest BCUT2D eigenvalue weighted by Crippen LogP contribution is 2.56. The fourth-order valence-corrected chi connectivity index (χ4v) is 4.69. The molecule has 1 atom stereocenters. The fourth-order valence-electron chi connectivity index (χ4n) is 3.47. The molecule has 4 N–H and O–H groups in total. The maximum absolute atomic E-state index is 9.51. The second kappa shape index (κ2) is 6.93. The van der Waals surface area contributed by atoms with E-state index in [1.54, 1.807) is 24.9 Å². The number of nitrogens with two attached hydrogens (primary N) is 2. The first-order valence-electron chi connectivity index (χ1n) is 9.00. The lowest BCUT2D eigenvalue weighted by atomic mass is 9.98. The van der Waals surface area contributed by atoms with Gasteiger partial charge in [0.15, 0.2) is 11.5 Å². The predicted molar refractivity (Wildman–Crippen MR) is 111 cm³/mol. The maximum atomic E-state index is 9.51. The number of benzene rings is 2. The molecule has 3 heterocycles. The van der Waals surface area contributed by atoms with Crippen molar-refractivity contribution in [3.05, 3.63) is 53.1 Å². The Morgan fingerprint density at radius 2 is 1.87 bits per heavy atom. The standard InChI is InChI=1S/C21H16N4O4S/c1-26-10-2-4-11(5-3-10)30-19-12-6-15-16(28-9-27-15)7-14(12)29-21-17(19)18(23)13(8-22)20(24)25-21/h2-7,19H,9H2,1H3,(H4,23,24,25). The predicted octanol–water partition coefficient (Wildman–Crippen LogP) is 3.84. The Balaban J connectivity index is 1.68. The number of nitrogens with zero attached hydrogens (tertiary/aromatic N) is 2. The zero-order valence-electron chi connectivity index (χ0n) is 15.8. The highest BCUT2D eigenvalue weighted by atomic mass is 32.2. The zero-order valence-corrected chi connectivity index (χ0v) is 16.7. The van der Waals surface area contributed by atoms with Gasteiger partial charge in [0.2, 0.25) is 12.7 Å². The third kappa shape index (κ3) is 2.81. The van der Waals surface area contributed by atoms with Gasteiger partial charge in [-0.3, -0.25) is 0 Å². The fraction of sp³-hybridized carbons (Fsp3) is 0.143. The topological polar surface area (TPSA) is 126 Å². The Hall–Kier alpha value is -3.77. The van der Waals surface area contributed by atoms with Crippen LogP contribution in [0, 0.1) is 11.3 Å². The molecule has 2 aliphatic heterocycles. The number of anilines is 2. The molecule has 0 fully saturated rings. The van der Waals surface area contributed by atoms with Crippen molar-refractivity contribution in [2.75, 3.05) is 25.4 Å². The van der Waals surface area contributed by atoms with Crippen LogP contribution in [0.4, 0.5) is 11.5 Å². The summed E-state index contributed by atoms with van der Waals surface area (Å²) in [6.45, 7) is 0.146. The van der Waals surface area contributed by atoms with Crippen molar-refractivity contribution in [1.29, 1.82) is 5.26 Å². The smallest absolute Gasteiger partial charge is 0.231 e. The van der Waals surface area contributed by atoms with Gasteiger partial charge in [0.25, 0.3) is 0 Å². The van der Waals surface area contributed by atoms with Crippen molar-refractivity contribution in [2.24, 2.45) is 0 Å².